The Morgan fingerprint density at radius 1 is 0.973 bits per heavy atom. The molecule has 0 amide bonds. The van der Waals surface area contributed by atoms with E-state index in [2.05, 4.69) is 20.2 Å². The second kappa shape index (κ2) is 9.23. The second-order valence-corrected chi connectivity index (χ2v) is 8.12. The van der Waals surface area contributed by atoms with E-state index >= 15 is 4.39 Å². The second-order valence-electron chi connectivity index (χ2n) is 8.12. The molecule has 1 aromatic carbocycles. The first-order valence-corrected chi connectivity index (χ1v) is 11.1. The van der Waals surface area contributed by atoms with Gasteiger partial charge < -0.3 is 4.90 Å². The third kappa shape index (κ3) is 4.44. The number of halogens is 7. The van der Waals surface area contributed by atoms with Gasteiger partial charge in [0.1, 0.15) is 0 Å². The zero-order valence-electron chi connectivity index (χ0n) is 19.8. The van der Waals surface area contributed by atoms with E-state index in [1.54, 1.807) is 31.2 Å². The molecular weight excluding hydrogens is 507 g/mol. The summed E-state index contributed by atoms with van der Waals surface area (Å²) < 4.78 is 98.8. The van der Waals surface area contributed by atoms with Gasteiger partial charge in [0.25, 0.3) is 6.33 Å². The van der Waals surface area contributed by atoms with Gasteiger partial charge in [-0.1, -0.05) is 10.7 Å². The van der Waals surface area contributed by atoms with Gasteiger partial charge in [-0.3, -0.25) is 0 Å². The highest BCUT2D eigenvalue weighted by Crippen LogP contribution is 2.48. The summed E-state index contributed by atoms with van der Waals surface area (Å²) in [5, 5.41) is 7.38. The molecule has 3 aromatic rings. The summed E-state index contributed by atoms with van der Waals surface area (Å²) in [6, 6.07) is 9.46. The summed E-state index contributed by atoms with van der Waals surface area (Å²) in [7, 11) is 0. The number of nitrogens with zero attached hydrogens (tertiary/aromatic N) is 7. The summed E-state index contributed by atoms with van der Waals surface area (Å²) in [5.41, 5.74) is -7.47. The lowest BCUT2D eigenvalue weighted by Crippen LogP contribution is -2.60. The molecule has 14 heteroatoms. The topological polar surface area (TPSA) is 62.5 Å². The van der Waals surface area contributed by atoms with Gasteiger partial charge in [0, 0.05) is 31.0 Å². The summed E-state index contributed by atoms with van der Waals surface area (Å²) in [6.45, 7) is 6.80. The Morgan fingerprint density at radius 3 is 2.19 bits per heavy atom. The van der Waals surface area contributed by atoms with E-state index in [0.29, 0.717) is 23.3 Å². The Bertz CT molecular complexity index is 1340. The molecule has 4 rings (SSSR count). The van der Waals surface area contributed by atoms with Crippen LogP contribution in [0, 0.1) is 6.92 Å². The molecule has 0 aliphatic carbocycles. The van der Waals surface area contributed by atoms with Crippen LogP contribution >= 0.6 is 0 Å². The Hall–Kier alpha value is -3.84. The molecule has 0 spiro atoms. The summed E-state index contributed by atoms with van der Waals surface area (Å²) in [4.78, 5) is 10.1. The van der Waals surface area contributed by atoms with Gasteiger partial charge in [0.2, 0.25) is 5.82 Å². The van der Waals surface area contributed by atoms with Gasteiger partial charge in [-0.2, -0.15) is 26.3 Å². The summed E-state index contributed by atoms with van der Waals surface area (Å²) >= 11 is 0. The van der Waals surface area contributed by atoms with Crippen LogP contribution in [-0.2, 0) is 0 Å². The first kappa shape index (κ1) is 26.2. The Balaban J connectivity index is 1.92. The van der Waals surface area contributed by atoms with E-state index < -0.39 is 35.3 Å². The molecule has 0 N–H and O–H groups in total. The summed E-state index contributed by atoms with van der Waals surface area (Å²) in [6.07, 6.45) is -10.3. The number of hydrogen-bond acceptors (Lipinski definition) is 5. The number of rotatable bonds is 6. The van der Waals surface area contributed by atoms with Gasteiger partial charge in [0.15, 0.2) is 11.4 Å². The van der Waals surface area contributed by atoms with Crippen molar-refractivity contribution in [3.63, 3.8) is 0 Å². The van der Waals surface area contributed by atoms with Crippen molar-refractivity contribution in [3.8, 4) is 5.82 Å². The number of fused-ring (bicyclic) bond motifs is 1. The van der Waals surface area contributed by atoms with E-state index in [4.69, 9.17) is 0 Å². The molecule has 3 heterocycles. The van der Waals surface area contributed by atoms with Crippen molar-refractivity contribution in [2.75, 3.05) is 18.0 Å². The van der Waals surface area contributed by atoms with Crippen LogP contribution in [0.4, 0.5) is 42.1 Å². The fraction of sp³-hybridized carbons (Fsp3) is 0.348. The number of hydrogen-bond donors (Lipinski definition) is 0. The maximum atomic E-state index is 15.2. The standard InChI is InChI=1S/C23H21F7N7/c1-4-35(5-2)15-9-10-16(14(3)12-15)32-18-19(21(24,22(25,26)27)23(28,29)30)33-37-13-36(34-20(18)37)17-8-6-7-11-31-17/h6-13H,4-5H2,1-3H3/q+1. The smallest absolute Gasteiger partial charge is 0.372 e. The number of anilines is 1. The van der Waals surface area contributed by atoms with Crippen molar-refractivity contribution in [1.82, 2.24) is 14.8 Å². The van der Waals surface area contributed by atoms with E-state index in [0.717, 1.165) is 16.7 Å². The van der Waals surface area contributed by atoms with E-state index in [-0.39, 0.29) is 11.5 Å². The number of aromatic nitrogens is 4. The van der Waals surface area contributed by atoms with Gasteiger partial charge in [0.05, 0.1) is 10.8 Å². The lowest BCUT2D eigenvalue weighted by atomic mass is 9.94. The quantitative estimate of drug-likeness (QED) is 0.339. The van der Waals surface area contributed by atoms with Crippen molar-refractivity contribution < 1.29 is 35.4 Å². The predicted octanol–water partition coefficient (Wildman–Crippen LogP) is 4.88. The third-order valence-electron chi connectivity index (χ3n) is 5.81. The van der Waals surface area contributed by atoms with Gasteiger partial charge in [-0.15, -0.1) is 9.78 Å². The minimum Gasteiger partial charge on any atom is -0.372 e. The van der Waals surface area contributed by atoms with Crippen molar-refractivity contribution in [3.05, 3.63) is 60.3 Å². The monoisotopic (exact) mass is 528 g/mol. The Labute approximate surface area is 206 Å². The normalized spacial score (nSPS) is 15.2. The zero-order chi connectivity index (χ0) is 27.2. The van der Waals surface area contributed by atoms with Crippen LogP contribution in [0.15, 0.2) is 59.0 Å². The molecule has 0 saturated heterocycles. The number of alkyl halides is 7. The molecule has 0 bridgehead atoms. The molecule has 1 aliphatic heterocycles. The van der Waals surface area contributed by atoms with Crippen LogP contribution in [0.25, 0.3) is 5.82 Å². The molecule has 37 heavy (non-hydrogen) atoms. The first-order valence-electron chi connectivity index (χ1n) is 11.1. The number of benzene rings is 1. The number of aryl methyl sites for hydroxylation is 1. The van der Waals surface area contributed by atoms with Gasteiger partial charge in [-0.25, -0.2) is 14.4 Å². The molecule has 196 valence electrons. The van der Waals surface area contributed by atoms with Crippen LogP contribution in [0.1, 0.15) is 25.2 Å². The van der Waals surface area contributed by atoms with Gasteiger partial charge in [-0.05, 0) is 50.6 Å². The molecule has 7 nitrogen and oxygen atoms in total. The highest BCUT2D eigenvalue weighted by Gasteiger charge is 2.78. The molecule has 0 unspecified atom stereocenters. The van der Waals surface area contributed by atoms with Crippen LogP contribution in [0.5, 0.6) is 0 Å². The van der Waals surface area contributed by atoms with Crippen molar-refractivity contribution >= 4 is 22.8 Å². The lowest BCUT2D eigenvalue weighted by Gasteiger charge is -2.29. The van der Waals surface area contributed by atoms with E-state index in [1.165, 1.54) is 18.3 Å². The largest absolute Gasteiger partial charge is 0.437 e. The van der Waals surface area contributed by atoms with Crippen molar-refractivity contribution in [2.24, 2.45) is 10.1 Å². The number of pyridine rings is 1. The van der Waals surface area contributed by atoms with Crippen LogP contribution in [-0.4, -0.2) is 57.3 Å². The van der Waals surface area contributed by atoms with Crippen molar-refractivity contribution in [1.29, 1.82) is 0 Å². The summed E-state index contributed by atoms with van der Waals surface area (Å²) in [5.74, 6) is -0.304. The predicted molar refractivity (Wildman–Crippen MR) is 121 cm³/mol. The van der Waals surface area contributed by atoms with Crippen LogP contribution in [0.2, 0.25) is 0 Å². The minimum atomic E-state index is -6.37. The third-order valence-corrected chi connectivity index (χ3v) is 5.81. The first-order chi connectivity index (χ1) is 17.3. The molecule has 1 aliphatic rings. The molecule has 2 aromatic heterocycles. The zero-order valence-corrected chi connectivity index (χ0v) is 19.8. The average Bonchev–Trinajstić information content (AvgIpc) is 3.39. The fourth-order valence-electron chi connectivity index (χ4n) is 3.86. The maximum absolute atomic E-state index is 15.2. The van der Waals surface area contributed by atoms with E-state index in [1.807, 2.05) is 18.7 Å². The molecular formula is C23H21F7N7+. The average molecular weight is 528 g/mol. The fourth-order valence-corrected chi connectivity index (χ4v) is 3.86. The Kier molecular flexibility index (Phi) is 6.54. The molecule has 0 radical (unpaired) electrons. The number of aliphatic imine (C=N–C) groups is 1. The highest BCUT2D eigenvalue weighted by molar-refractivity contribution is 6.51. The minimum absolute atomic E-state index is 0.0335. The van der Waals surface area contributed by atoms with Crippen molar-refractivity contribution in [2.45, 2.75) is 38.8 Å². The maximum Gasteiger partial charge on any atom is 0.437 e. The molecule has 0 saturated carbocycles. The van der Waals surface area contributed by atoms with Gasteiger partial charge >= 0.3 is 23.8 Å². The molecule has 0 fully saturated rings. The van der Waals surface area contributed by atoms with Crippen LogP contribution < -0.4 is 9.58 Å². The Morgan fingerprint density at radius 2 is 1.65 bits per heavy atom. The molecule has 0 atom stereocenters. The van der Waals surface area contributed by atoms with E-state index in [9.17, 15) is 26.3 Å². The van der Waals surface area contributed by atoms with Crippen LogP contribution in [0.3, 0.4) is 0 Å². The lowest BCUT2D eigenvalue weighted by molar-refractivity contribution is -0.677. The SMILES string of the molecule is CCN(CC)c1ccc(N=C2C(C(F)(C(F)(F)F)C(F)(F)F)=N[n+]3cn(-c4ccccn4)nc32)c(C)c1. The highest BCUT2D eigenvalue weighted by atomic mass is 19.4.